The second kappa shape index (κ2) is 7.35. The molecule has 1 aliphatic rings. The van der Waals surface area contributed by atoms with Gasteiger partial charge in [-0.05, 0) is 61.9 Å². The third-order valence-corrected chi connectivity index (χ3v) is 5.96. The van der Waals surface area contributed by atoms with E-state index >= 15 is 0 Å². The fourth-order valence-electron chi connectivity index (χ4n) is 4.16. The Morgan fingerprint density at radius 1 is 1.26 bits per heavy atom. The second-order valence-electron chi connectivity index (χ2n) is 8.20. The number of aromatic nitrogens is 2. The Kier molecular flexibility index (Phi) is 4.63. The number of anilines is 1. The molecule has 2 heterocycles. The Morgan fingerprint density at radius 2 is 2.06 bits per heavy atom. The molecule has 1 fully saturated rings. The van der Waals surface area contributed by atoms with E-state index in [1.54, 1.807) is 19.2 Å². The minimum Gasteiger partial charge on any atom is -0.478 e. The highest BCUT2D eigenvalue weighted by molar-refractivity contribution is 5.99. The molecule has 4 aromatic rings. The van der Waals surface area contributed by atoms with Gasteiger partial charge in [-0.3, -0.25) is 4.90 Å². The Labute approximate surface area is 178 Å². The fourth-order valence-corrected chi connectivity index (χ4v) is 4.16. The number of hydrogen-bond acceptors (Lipinski definition) is 4. The van der Waals surface area contributed by atoms with Gasteiger partial charge in [0.15, 0.2) is 0 Å². The summed E-state index contributed by atoms with van der Waals surface area (Å²) in [6.45, 7) is 0.668. The van der Waals surface area contributed by atoms with Crippen molar-refractivity contribution in [1.29, 1.82) is 0 Å². The maximum absolute atomic E-state index is 14.0. The van der Waals surface area contributed by atoms with Crippen LogP contribution in [0.1, 0.15) is 28.8 Å². The smallest absolute Gasteiger partial charge is 0.335 e. The van der Waals surface area contributed by atoms with Crippen LogP contribution >= 0.6 is 0 Å². The van der Waals surface area contributed by atoms with Crippen molar-refractivity contribution < 1.29 is 14.3 Å². The lowest BCUT2D eigenvalue weighted by molar-refractivity contribution is 0.0696. The third-order valence-electron chi connectivity index (χ3n) is 5.96. The summed E-state index contributed by atoms with van der Waals surface area (Å²) >= 11 is 0. The second-order valence-corrected chi connectivity index (χ2v) is 8.20. The number of pyridine rings is 1. The normalized spacial score (nSPS) is 13.9. The Balaban J connectivity index is 1.64. The molecule has 2 aromatic heterocycles. The van der Waals surface area contributed by atoms with Crippen LogP contribution in [0.15, 0.2) is 42.5 Å². The fraction of sp³-hybridized carbons (Fsp3) is 0.250. The highest BCUT2D eigenvalue weighted by Crippen LogP contribution is 2.33. The number of rotatable bonds is 6. The zero-order valence-corrected chi connectivity index (χ0v) is 17.4. The summed E-state index contributed by atoms with van der Waals surface area (Å²) in [7, 11) is 3.82. The van der Waals surface area contributed by atoms with E-state index in [4.69, 9.17) is 4.98 Å². The first kappa shape index (κ1) is 19.5. The Morgan fingerprint density at radius 3 is 2.77 bits per heavy atom. The minimum atomic E-state index is -0.937. The number of carbonyl (C=O) groups is 1. The maximum Gasteiger partial charge on any atom is 0.335 e. The van der Waals surface area contributed by atoms with Gasteiger partial charge in [-0.2, -0.15) is 0 Å². The molecule has 6 nitrogen and oxygen atoms in total. The number of hydrogen-bond donors (Lipinski definition) is 3. The van der Waals surface area contributed by atoms with E-state index in [9.17, 15) is 14.3 Å². The first-order valence-corrected chi connectivity index (χ1v) is 10.3. The van der Waals surface area contributed by atoms with Gasteiger partial charge in [0.25, 0.3) is 0 Å². The van der Waals surface area contributed by atoms with Crippen LogP contribution < -0.4 is 5.32 Å². The van der Waals surface area contributed by atoms with Gasteiger partial charge in [0.2, 0.25) is 0 Å². The number of nitrogens with zero attached hydrogens (tertiary/aromatic N) is 2. The van der Waals surface area contributed by atoms with Crippen LogP contribution in [0.4, 0.5) is 10.1 Å². The standard InChI is InChI=1S/C24H23FN4O2/c1-26-22-10-16(25)8-14-9-20-21(28-23(14)22)11-19(27-20)18-6-3-13(24(30)31)7-15(18)12-29(2)17-4-5-17/h3,6-11,17,26-27H,4-5,12H2,1-2H3,(H,30,31). The summed E-state index contributed by atoms with van der Waals surface area (Å²) in [6.07, 6.45) is 2.36. The average Bonchev–Trinajstić information content (AvgIpc) is 3.52. The van der Waals surface area contributed by atoms with Crippen molar-refractivity contribution in [2.75, 3.05) is 19.4 Å². The lowest BCUT2D eigenvalue weighted by Crippen LogP contribution is -2.20. The zero-order chi connectivity index (χ0) is 21.7. The van der Waals surface area contributed by atoms with Gasteiger partial charge in [0.05, 0.1) is 27.8 Å². The van der Waals surface area contributed by atoms with Gasteiger partial charge in [0, 0.05) is 36.3 Å². The van der Waals surface area contributed by atoms with Gasteiger partial charge >= 0.3 is 5.97 Å². The summed E-state index contributed by atoms with van der Waals surface area (Å²) in [5, 5.41) is 13.2. The molecule has 0 unspecified atom stereocenters. The van der Waals surface area contributed by atoms with E-state index in [2.05, 4.69) is 22.2 Å². The molecule has 0 spiro atoms. The molecule has 0 saturated heterocycles. The summed E-state index contributed by atoms with van der Waals surface area (Å²) in [4.78, 5) is 21.9. The van der Waals surface area contributed by atoms with Crippen LogP contribution in [-0.2, 0) is 6.54 Å². The van der Waals surface area contributed by atoms with Crippen LogP contribution in [-0.4, -0.2) is 46.1 Å². The molecule has 3 N–H and O–H groups in total. The van der Waals surface area contributed by atoms with Crippen molar-refractivity contribution in [3.05, 3.63) is 59.4 Å². The Hall–Kier alpha value is -3.45. The average molecular weight is 418 g/mol. The number of aromatic amines is 1. The van der Waals surface area contributed by atoms with Crippen LogP contribution in [0.25, 0.3) is 33.2 Å². The molecule has 0 bridgehead atoms. The van der Waals surface area contributed by atoms with Crippen LogP contribution in [0.3, 0.4) is 0 Å². The van der Waals surface area contributed by atoms with Crippen molar-refractivity contribution in [1.82, 2.24) is 14.9 Å². The Bertz CT molecular complexity index is 1330. The lowest BCUT2D eigenvalue weighted by atomic mass is 10.0. The quantitative estimate of drug-likeness (QED) is 0.417. The molecule has 158 valence electrons. The molecule has 31 heavy (non-hydrogen) atoms. The number of aromatic carboxylic acids is 1. The molecule has 2 aromatic carbocycles. The van der Waals surface area contributed by atoms with Crippen molar-refractivity contribution in [3.8, 4) is 11.3 Å². The molecule has 0 atom stereocenters. The number of carboxylic acid groups (broad SMARTS) is 1. The van der Waals surface area contributed by atoms with Crippen LogP contribution in [0.5, 0.6) is 0 Å². The van der Waals surface area contributed by atoms with Crippen molar-refractivity contribution in [3.63, 3.8) is 0 Å². The molecular formula is C24H23FN4O2. The number of fused-ring (bicyclic) bond motifs is 2. The number of halogens is 1. The van der Waals surface area contributed by atoms with E-state index in [1.165, 1.54) is 25.0 Å². The largest absolute Gasteiger partial charge is 0.478 e. The molecule has 0 amide bonds. The van der Waals surface area contributed by atoms with Gasteiger partial charge in [-0.1, -0.05) is 6.07 Å². The highest BCUT2D eigenvalue weighted by Gasteiger charge is 2.27. The highest BCUT2D eigenvalue weighted by atomic mass is 19.1. The summed E-state index contributed by atoms with van der Waals surface area (Å²) < 4.78 is 14.0. The molecule has 7 heteroatoms. The number of benzene rings is 2. The van der Waals surface area contributed by atoms with E-state index < -0.39 is 5.97 Å². The van der Waals surface area contributed by atoms with E-state index in [-0.39, 0.29) is 11.4 Å². The molecule has 0 radical (unpaired) electrons. The van der Waals surface area contributed by atoms with Gasteiger partial charge in [-0.15, -0.1) is 0 Å². The minimum absolute atomic E-state index is 0.275. The van der Waals surface area contributed by atoms with Crippen LogP contribution in [0, 0.1) is 5.82 Å². The summed E-state index contributed by atoms with van der Waals surface area (Å²) in [6, 6.07) is 12.6. The van der Waals surface area contributed by atoms with E-state index in [0.29, 0.717) is 29.2 Å². The SMILES string of the molecule is CNc1cc(F)cc2cc3[nH]c(-c4ccc(C(=O)O)cc4CN(C)C4CC4)cc3nc12. The maximum atomic E-state index is 14.0. The lowest BCUT2D eigenvalue weighted by Gasteiger charge is -2.18. The van der Waals surface area contributed by atoms with E-state index in [0.717, 1.165) is 27.9 Å². The molecule has 0 aliphatic heterocycles. The van der Waals surface area contributed by atoms with Crippen molar-refractivity contribution in [2.24, 2.45) is 0 Å². The predicted octanol–water partition coefficient (Wildman–Crippen LogP) is 4.86. The monoisotopic (exact) mass is 418 g/mol. The topological polar surface area (TPSA) is 81.2 Å². The molecule has 1 saturated carbocycles. The zero-order valence-electron chi connectivity index (χ0n) is 17.4. The number of nitrogens with one attached hydrogen (secondary N) is 2. The number of carboxylic acids is 1. The third kappa shape index (κ3) is 3.61. The van der Waals surface area contributed by atoms with Crippen molar-refractivity contribution in [2.45, 2.75) is 25.4 Å². The van der Waals surface area contributed by atoms with Crippen LogP contribution in [0.2, 0.25) is 0 Å². The molecular weight excluding hydrogens is 395 g/mol. The summed E-state index contributed by atoms with van der Waals surface area (Å²) in [5.41, 5.74) is 5.95. The van der Waals surface area contributed by atoms with Crippen molar-refractivity contribution >= 4 is 33.6 Å². The first-order valence-electron chi connectivity index (χ1n) is 10.3. The molecule has 5 rings (SSSR count). The summed E-state index contributed by atoms with van der Waals surface area (Å²) in [5.74, 6) is -1.26. The van der Waals surface area contributed by atoms with Gasteiger partial charge in [0.1, 0.15) is 5.82 Å². The van der Waals surface area contributed by atoms with Gasteiger partial charge < -0.3 is 15.4 Å². The van der Waals surface area contributed by atoms with Gasteiger partial charge in [-0.25, -0.2) is 14.2 Å². The number of H-pyrrole nitrogens is 1. The first-order chi connectivity index (χ1) is 14.9. The predicted molar refractivity (Wildman–Crippen MR) is 120 cm³/mol. The molecule has 1 aliphatic carbocycles. The van der Waals surface area contributed by atoms with E-state index in [1.807, 2.05) is 18.2 Å².